The van der Waals surface area contributed by atoms with Crippen LogP contribution in [0.25, 0.3) is 5.69 Å². The first-order chi connectivity index (χ1) is 16.9. The molecule has 2 aromatic heterocycles. The van der Waals surface area contributed by atoms with Gasteiger partial charge in [0, 0.05) is 23.1 Å². The number of pyridine rings is 1. The predicted octanol–water partition coefficient (Wildman–Crippen LogP) is 5.92. The standard InChI is InChI=1S/C27H28FN3O3S/c1-27(2,19-7-12-23(32-3)24(16-19)33-4)25-18-30-26(31(25)21-10-8-20(28)9-11-21)35-15-14-34-22-6-5-13-29-17-22/h5-13,16-18H,14-15H2,1-4H3. The number of halogens is 1. The molecule has 0 saturated carbocycles. The van der Waals surface area contributed by atoms with Crippen molar-refractivity contribution in [3.8, 4) is 22.9 Å². The van der Waals surface area contributed by atoms with Gasteiger partial charge in [-0.25, -0.2) is 9.37 Å². The summed E-state index contributed by atoms with van der Waals surface area (Å²) in [5.41, 5.74) is 2.40. The smallest absolute Gasteiger partial charge is 0.172 e. The number of benzene rings is 2. The van der Waals surface area contributed by atoms with Crippen molar-refractivity contribution < 1.29 is 18.6 Å². The Morgan fingerprint density at radius 1 is 0.971 bits per heavy atom. The van der Waals surface area contributed by atoms with Crippen molar-refractivity contribution in [1.82, 2.24) is 14.5 Å². The van der Waals surface area contributed by atoms with Crippen LogP contribution in [0.3, 0.4) is 0 Å². The second-order valence-electron chi connectivity index (χ2n) is 8.32. The van der Waals surface area contributed by atoms with Gasteiger partial charge in [-0.2, -0.15) is 0 Å². The van der Waals surface area contributed by atoms with Crippen molar-refractivity contribution in [1.29, 1.82) is 0 Å². The van der Waals surface area contributed by atoms with Crippen molar-refractivity contribution in [3.63, 3.8) is 0 Å². The van der Waals surface area contributed by atoms with E-state index in [-0.39, 0.29) is 5.82 Å². The Kier molecular flexibility index (Phi) is 7.60. The summed E-state index contributed by atoms with van der Waals surface area (Å²) in [6, 6.07) is 16.1. The summed E-state index contributed by atoms with van der Waals surface area (Å²) in [7, 11) is 3.24. The Morgan fingerprint density at radius 2 is 1.74 bits per heavy atom. The second-order valence-corrected chi connectivity index (χ2v) is 9.38. The minimum absolute atomic E-state index is 0.284. The number of rotatable bonds is 10. The maximum atomic E-state index is 13.7. The fourth-order valence-corrected chi connectivity index (χ4v) is 4.62. The highest BCUT2D eigenvalue weighted by atomic mass is 32.2. The van der Waals surface area contributed by atoms with Crippen LogP contribution in [0, 0.1) is 5.82 Å². The first-order valence-electron chi connectivity index (χ1n) is 11.2. The van der Waals surface area contributed by atoms with Gasteiger partial charge in [0.15, 0.2) is 16.7 Å². The molecule has 4 aromatic rings. The van der Waals surface area contributed by atoms with Crippen LogP contribution in [0.15, 0.2) is 78.3 Å². The number of hydrogen-bond donors (Lipinski definition) is 0. The van der Waals surface area contributed by atoms with Crippen LogP contribution >= 0.6 is 11.8 Å². The molecule has 0 fully saturated rings. The van der Waals surface area contributed by atoms with Crippen molar-refractivity contribution in [3.05, 3.63) is 90.3 Å². The van der Waals surface area contributed by atoms with Gasteiger partial charge in [0.2, 0.25) is 0 Å². The Balaban J connectivity index is 1.66. The molecule has 6 nitrogen and oxygen atoms in total. The van der Waals surface area contributed by atoms with Crippen molar-refractivity contribution in [2.75, 3.05) is 26.6 Å². The summed E-state index contributed by atoms with van der Waals surface area (Å²) in [5.74, 6) is 2.46. The fourth-order valence-electron chi connectivity index (χ4n) is 3.82. The van der Waals surface area contributed by atoms with Gasteiger partial charge in [0.25, 0.3) is 0 Å². The molecule has 0 aliphatic carbocycles. The number of hydrogen-bond acceptors (Lipinski definition) is 6. The fraction of sp³-hybridized carbons (Fsp3) is 0.259. The van der Waals surface area contributed by atoms with Gasteiger partial charge >= 0.3 is 0 Å². The van der Waals surface area contributed by atoms with Gasteiger partial charge in [-0.3, -0.25) is 9.55 Å². The lowest BCUT2D eigenvalue weighted by atomic mass is 9.81. The number of nitrogens with zero attached hydrogens (tertiary/aromatic N) is 3. The molecule has 0 atom stereocenters. The average molecular weight is 494 g/mol. The largest absolute Gasteiger partial charge is 0.493 e. The molecule has 0 aliphatic heterocycles. The minimum atomic E-state index is -0.439. The van der Waals surface area contributed by atoms with Crippen LogP contribution in [0.2, 0.25) is 0 Å². The monoisotopic (exact) mass is 493 g/mol. The number of thioether (sulfide) groups is 1. The molecular formula is C27H28FN3O3S. The van der Waals surface area contributed by atoms with Crippen LogP contribution in [0.5, 0.6) is 17.2 Å². The highest BCUT2D eigenvalue weighted by Gasteiger charge is 2.30. The summed E-state index contributed by atoms with van der Waals surface area (Å²) in [4.78, 5) is 8.81. The molecular weight excluding hydrogens is 465 g/mol. The molecule has 2 aromatic carbocycles. The molecule has 0 spiro atoms. The zero-order valence-corrected chi connectivity index (χ0v) is 21.0. The maximum absolute atomic E-state index is 13.7. The third kappa shape index (κ3) is 5.43. The maximum Gasteiger partial charge on any atom is 0.172 e. The van der Waals surface area contributed by atoms with E-state index in [1.54, 1.807) is 50.5 Å². The first kappa shape index (κ1) is 24.6. The summed E-state index contributed by atoms with van der Waals surface area (Å²) >= 11 is 1.58. The van der Waals surface area contributed by atoms with Gasteiger partial charge in [0.05, 0.1) is 38.9 Å². The van der Waals surface area contributed by atoms with Crippen molar-refractivity contribution >= 4 is 11.8 Å². The van der Waals surface area contributed by atoms with E-state index in [1.165, 1.54) is 12.1 Å². The van der Waals surface area contributed by atoms with E-state index < -0.39 is 5.41 Å². The van der Waals surface area contributed by atoms with E-state index in [4.69, 9.17) is 19.2 Å². The third-order valence-corrected chi connectivity index (χ3v) is 6.69. The van der Waals surface area contributed by atoms with Gasteiger partial charge in [0.1, 0.15) is 11.6 Å². The number of imidazole rings is 1. The van der Waals surface area contributed by atoms with Gasteiger partial charge in [-0.15, -0.1) is 0 Å². The van der Waals surface area contributed by atoms with E-state index in [9.17, 15) is 4.39 Å². The molecule has 2 heterocycles. The van der Waals surface area contributed by atoms with Crippen LogP contribution < -0.4 is 14.2 Å². The van der Waals surface area contributed by atoms with E-state index in [0.717, 1.165) is 27.9 Å². The Morgan fingerprint density at radius 3 is 2.43 bits per heavy atom. The highest BCUT2D eigenvalue weighted by Crippen LogP contribution is 2.39. The molecule has 0 radical (unpaired) electrons. The average Bonchev–Trinajstić information content (AvgIpc) is 3.32. The molecule has 0 unspecified atom stereocenters. The SMILES string of the molecule is COc1ccc(C(C)(C)c2cnc(SCCOc3cccnc3)n2-c2ccc(F)cc2)cc1OC. The van der Waals surface area contributed by atoms with E-state index in [2.05, 4.69) is 23.4 Å². The van der Waals surface area contributed by atoms with Crippen LogP contribution in [-0.2, 0) is 5.41 Å². The Bertz CT molecular complexity index is 1260. The molecule has 0 N–H and O–H groups in total. The van der Waals surface area contributed by atoms with Crippen molar-refractivity contribution in [2.45, 2.75) is 24.4 Å². The Labute approximate surface area is 209 Å². The Hall–Kier alpha value is -3.52. The second kappa shape index (κ2) is 10.8. The lowest BCUT2D eigenvalue weighted by Crippen LogP contribution is -2.23. The summed E-state index contributed by atoms with van der Waals surface area (Å²) in [6.07, 6.45) is 5.28. The van der Waals surface area contributed by atoms with Crippen LogP contribution in [0.1, 0.15) is 25.1 Å². The highest BCUT2D eigenvalue weighted by molar-refractivity contribution is 7.99. The summed E-state index contributed by atoms with van der Waals surface area (Å²) in [6.45, 7) is 4.76. The van der Waals surface area contributed by atoms with Crippen LogP contribution in [-0.4, -0.2) is 41.1 Å². The lowest BCUT2D eigenvalue weighted by Gasteiger charge is -2.28. The molecule has 35 heavy (non-hydrogen) atoms. The molecule has 0 saturated heterocycles. The topological polar surface area (TPSA) is 58.4 Å². The number of aromatic nitrogens is 3. The quantitative estimate of drug-likeness (QED) is 0.202. The van der Waals surface area contributed by atoms with Gasteiger partial charge in [-0.05, 0) is 54.1 Å². The summed E-state index contributed by atoms with van der Waals surface area (Å²) in [5, 5.41) is 0.801. The molecule has 182 valence electrons. The van der Waals surface area contributed by atoms with Crippen LogP contribution in [0.4, 0.5) is 4.39 Å². The van der Waals surface area contributed by atoms with E-state index >= 15 is 0 Å². The van der Waals surface area contributed by atoms with E-state index in [1.807, 2.05) is 36.5 Å². The molecule has 0 aliphatic rings. The summed E-state index contributed by atoms with van der Waals surface area (Å²) < 4.78 is 32.5. The molecule has 0 bridgehead atoms. The zero-order chi connectivity index (χ0) is 24.8. The van der Waals surface area contributed by atoms with Gasteiger partial charge in [-0.1, -0.05) is 31.7 Å². The number of ether oxygens (including phenoxy) is 3. The number of methoxy groups -OCH3 is 2. The van der Waals surface area contributed by atoms with E-state index in [0.29, 0.717) is 23.9 Å². The molecule has 8 heteroatoms. The normalized spacial score (nSPS) is 11.3. The molecule has 4 rings (SSSR count). The van der Waals surface area contributed by atoms with Crippen molar-refractivity contribution in [2.24, 2.45) is 0 Å². The first-order valence-corrected chi connectivity index (χ1v) is 12.1. The van der Waals surface area contributed by atoms with Gasteiger partial charge < -0.3 is 14.2 Å². The zero-order valence-electron chi connectivity index (χ0n) is 20.2. The lowest BCUT2D eigenvalue weighted by molar-refractivity contribution is 0.342. The molecule has 0 amide bonds. The third-order valence-electron chi connectivity index (χ3n) is 5.78. The predicted molar refractivity (Wildman–Crippen MR) is 136 cm³/mol. The minimum Gasteiger partial charge on any atom is -0.493 e.